The number of nitrogens with one attached hydrogen (secondary N) is 2. The van der Waals surface area contributed by atoms with Gasteiger partial charge in [0.15, 0.2) is 0 Å². The van der Waals surface area contributed by atoms with Crippen LogP contribution in [0.25, 0.3) is 11.3 Å². The summed E-state index contributed by atoms with van der Waals surface area (Å²) in [6.07, 6.45) is 1.02. The van der Waals surface area contributed by atoms with Crippen LogP contribution in [0.5, 0.6) is 0 Å². The summed E-state index contributed by atoms with van der Waals surface area (Å²) in [6, 6.07) is 8.25. The molecule has 2 heterocycles. The number of aromatic nitrogens is 2. The summed E-state index contributed by atoms with van der Waals surface area (Å²) in [5.41, 5.74) is 5.59. The molecule has 0 atom stereocenters. The molecule has 1 aromatic carbocycles. The molecule has 0 aliphatic carbocycles. The van der Waals surface area contributed by atoms with Gasteiger partial charge in [0.2, 0.25) is 5.91 Å². The SMILES string of the molecule is CC(=O)Nc1ccc(-c2nn(C(C)C)c3c2CNCC3)cc1. The maximum atomic E-state index is 11.1. The summed E-state index contributed by atoms with van der Waals surface area (Å²) < 4.78 is 2.15. The normalized spacial score (nSPS) is 14.0. The van der Waals surface area contributed by atoms with E-state index in [4.69, 9.17) is 5.10 Å². The van der Waals surface area contributed by atoms with Crippen molar-refractivity contribution in [3.05, 3.63) is 35.5 Å². The van der Waals surface area contributed by atoms with Crippen LogP contribution in [0.1, 0.15) is 38.1 Å². The van der Waals surface area contributed by atoms with Gasteiger partial charge >= 0.3 is 0 Å². The van der Waals surface area contributed by atoms with Crippen molar-refractivity contribution >= 4 is 11.6 Å². The lowest BCUT2D eigenvalue weighted by Crippen LogP contribution is -2.25. The molecule has 0 bridgehead atoms. The molecule has 2 aromatic rings. The highest BCUT2D eigenvalue weighted by Gasteiger charge is 2.22. The molecule has 0 spiro atoms. The van der Waals surface area contributed by atoms with Crippen LogP contribution in [0.2, 0.25) is 0 Å². The van der Waals surface area contributed by atoms with E-state index in [1.165, 1.54) is 18.2 Å². The monoisotopic (exact) mass is 298 g/mol. The van der Waals surface area contributed by atoms with E-state index in [0.29, 0.717) is 6.04 Å². The molecule has 1 aliphatic heterocycles. The Morgan fingerprint density at radius 1 is 1.32 bits per heavy atom. The van der Waals surface area contributed by atoms with Crippen LogP contribution in [0.3, 0.4) is 0 Å². The molecular formula is C17H22N4O. The molecule has 116 valence electrons. The van der Waals surface area contributed by atoms with E-state index >= 15 is 0 Å². The van der Waals surface area contributed by atoms with Gasteiger partial charge in [-0.15, -0.1) is 0 Å². The van der Waals surface area contributed by atoms with Crippen LogP contribution >= 0.6 is 0 Å². The molecule has 0 radical (unpaired) electrons. The maximum absolute atomic E-state index is 11.1. The molecule has 5 heteroatoms. The lowest BCUT2D eigenvalue weighted by molar-refractivity contribution is -0.114. The molecule has 1 aliphatic rings. The van der Waals surface area contributed by atoms with Gasteiger partial charge in [0, 0.05) is 55.0 Å². The highest BCUT2D eigenvalue weighted by molar-refractivity contribution is 5.89. The van der Waals surface area contributed by atoms with Crippen molar-refractivity contribution in [2.24, 2.45) is 0 Å². The molecular weight excluding hydrogens is 276 g/mol. The van der Waals surface area contributed by atoms with Crippen molar-refractivity contribution in [1.82, 2.24) is 15.1 Å². The third-order valence-electron chi connectivity index (χ3n) is 3.93. The van der Waals surface area contributed by atoms with Crippen LogP contribution in [0.15, 0.2) is 24.3 Å². The second-order valence-electron chi connectivity index (χ2n) is 6.00. The molecule has 3 rings (SSSR count). The van der Waals surface area contributed by atoms with E-state index in [2.05, 4.69) is 29.2 Å². The Morgan fingerprint density at radius 3 is 2.68 bits per heavy atom. The molecule has 0 unspecified atom stereocenters. The number of benzene rings is 1. The summed E-state index contributed by atoms with van der Waals surface area (Å²) in [6.45, 7) is 7.72. The first kappa shape index (κ1) is 14.8. The Bertz CT molecular complexity index is 685. The van der Waals surface area contributed by atoms with Crippen molar-refractivity contribution in [2.45, 2.75) is 39.8 Å². The Balaban J connectivity index is 1.99. The quantitative estimate of drug-likeness (QED) is 0.916. The second-order valence-corrected chi connectivity index (χ2v) is 6.00. The summed E-state index contributed by atoms with van der Waals surface area (Å²) in [5, 5.41) is 11.1. The molecule has 0 saturated heterocycles. The summed E-state index contributed by atoms with van der Waals surface area (Å²) >= 11 is 0. The Labute approximate surface area is 130 Å². The topological polar surface area (TPSA) is 59.0 Å². The zero-order chi connectivity index (χ0) is 15.7. The molecule has 22 heavy (non-hydrogen) atoms. The predicted molar refractivity (Wildman–Crippen MR) is 87.8 cm³/mol. The van der Waals surface area contributed by atoms with E-state index in [1.54, 1.807) is 0 Å². The minimum atomic E-state index is -0.0570. The predicted octanol–water partition coefficient (Wildman–Crippen LogP) is 2.74. The average Bonchev–Trinajstić information content (AvgIpc) is 2.87. The minimum Gasteiger partial charge on any atom is -0.326 e. The number of amides is 1. The number of rotatable bonds is 3. The van der Waals surface area contributed by atoms with Crippen molar-refractivity contribution < 1.29 is 4.79 Å². The lowest BCUT2D eigenvalue weighted by Gasteiger charge is -2.17. The number of hydrogen-bond acceptors (Lipinski definition) is 3. The summed E-state index contributed by atoms with van der Waals surface area (Å²) in [7, 11) is 0. The van der Waals surface area contributed by atoms with Crippen LogP contribution in [-0.2, 0) is 17.8 Å². The smallest absolute Gasteiger partial charge is 0.221 e. The third kappa shape index (κ3) is 2.76. The van der Waals surface area contributed by atoms with Crippen LogP contribution in [-0.4, -0.2) is 22.2 Å². The summed E-state index contributed by atoms with van der Waals surface area (Å²) in [4.78, 5) is 11.1. The highest BCUT2D eigenvalue weighted by atomic mass is 16.1. The van der Waals surface area contributed by atoms with E-state index < -0.39 is 0 Å². The first-order valence-electron chi connectivity index (χ1n) is 7.75. The van der Waals surface area contributed by atoms with Gasteiger partial charge in [-0.2, -0.15) is 5.10 Å². The fourth-order valence-electron chi connectivity index (χ4n) is 2.95. The van der Waals surface area contributed by atoms with Gasteiger partial charge in [-0.25, -0.2) is 0 Å². The summed E-state index contributed by atoms with van der Waals surface area (Å²) in [5.74, 6) is -0.0570. The number of hydrogen-bond donors (Lipinski definition) is 2. The third-order valence-corrected chi connectivity index (χ3v) is 3.93. The average molecular weight is 298 g/mol. The van der Waals surface area contributed by atoms with Crippen LogP contribution in [0.4, 0.5) is 5.69 Å². The van der Waals surface area contributed by atoms with Gasteiger partial charge in [0.05, 0.1) is 5.69 Å². The molecule has 2 N–H and O–H groups in total. The van der Waals surface area contributed by atoms with Gasteiger partial charge in [0.25, 0.3) is 0 Å². The van der Waals surface area contributed by atoms with E-state index in [9.17, 15) is 4.79 Å². The van der Waals surface area contributed by atoms with Crippen LogP contribution in [0, 0.1) is 0 Å². The maximum Gasteiger partial charge on any atom is 0.221 e. The Kier molecular flexibility index (Phi) is 3.98. The van der Waals surface area contributed by atoms with E-state index in [1.807, 2.05) is 24.3 Å². The highest BCUT2D eigenvalue weighted by Crippen LogP contribution is 2.30. The fraction of sp³-hybridized carbons (Fsp3) is 0.412. The van der Waals surface area contributed by atoms with Crippen molar-refractivity contribution in [3.8, 4) is 11.3 Å². The number of fused-ring (bicyclic) bond motifs is 1. The Morgan fingerprint density at radius 2 is 2.05 bits per heavy atom. The van der Waals surface area contributed by atoms with E-state index in [0.717, 1.165) is 36.5 Å². The number of nitrogens with zero attached hydrogens (tertiary/aromatic N) is 2. The van der Waals surface area contributed by atoms with Gasteiger partial charge < -0.3 is 10.6 Å². The number of carbonyl (C=O) groups excluding carboxylic acids is 1. The van der Waals surface area contributed by atoms with E-state index in [-0.39, 0.29) is 5.91 Å². The standard InChI is InChI=1S/C17H22N4O/c1-11(2)21-16-8-9-18-10-15(16)17(20-21)13-4-6-14(7-5-13)19-12(3)22/h4-7,11,18H,8-10H2,1-3H3,(H,19,22). The number of carbonyl (C=O) groups is 1. The van der Waals surface area contributed by atoms with Gasteiger partial charge in [-0.3, -0.25) is 9.48 Å². The first-order chi connectivity index (χ1) is 10.6. The molecule has 0 fully saturated rings. The minimum absolute atomic E-state index is 0.0570. The van der Waals surface area contributed by atoms with Crippen LogP contribution < -0.4 is 10.6 Å². The second kappa shape index (κ2) is 5.93. The van der Waals surface area contributed by atoms with Crippen molar-refractivity contribution in [2.75, 3.05) is 11.9 Å². The van der Waals surface area contributed by atoms with Gasteiger partial charge in [-0.05, 0) is 26.0 Å². The zero-order valence-corrected chi connectivity index (χ0v) is 13.3. The lowest BCUT2D eigenvalue weighted by atomic mass is 10.0. The fourth-order valence-corrected chi connectivity index (χ4v) is 2.95. The van der Waals surface area contributed by atoms with Gasteiger partial charge in [-0.1, -0.05) is 12.1 Å². The molecule has 1 aromatic heterocycles. The number of anilines is 1. The van der Waals surface area contributed by atoms with Gasteiger partial charge in [0.1, 0.15) is 0 Å². The first-order valence-corrected chi connectivity index (χ1v) is 7.75. The molecule has 0 saturated carbocycles. The Hall–Kier alpha value is -2.14. The van der Waals surface area contributed by atoms with Crippen molar-refractivity contribution in [1.29, 1.82) is 0 Å². The van der Waals surface area contributed by atoms with Crippen molar-refractivity contribution in [3.63, 3.8) is 0 Å². The zero-order valence-electron chi connectivity index (χ0n) is 13.3. The largest absolute Gasteiger partial charge is 0.326 e. The molecule has 5 nitrogen and oxygen atoms in total. The molecule has 1 amide bonds.